The molecule has 1 heterocycles. The third kappa shape index (κ3) is 3.72. The van der Waals surface area contributed by atoms with Crippen LogP contribution < -0.4 is 4.74 Å². The standard InChI is InChI=1S/C16H23NO2/c1-3-14-7-9-15(10-8-14)19-12-16(18)17-11-5-4-6-13(17)2/h7-10,13H,3-6,11-12H2,1-2H3. The van der Waals surface area contributed by atoms with Crippen LogP contribution in [-0.2, 0) is 11.2 Å². The van der Waals surface area contributed by atoms with Gasteiger partial charge in [-0.25, -0.2) is 0 Å². The Morgan fingerprint density at radius 2 is 2.05 bits per heavy atom. The number of ether oxygens (including phenoxy) is 1. The Hall–Kier alpha value is -1.51. The summed E-state index contributed by atoms with van der Waals surface area (Å²) < 4.78 is 5.58. The van der Waals surface area contributed by atoms with Gasteiger partial charge in [0.05, 0.1) is 0 Å². The first-order chi connectivity index (χ1) is 9.20. The molecular formula is C16H23NO2. The van der Waals surface area contributed by atoms with Gasteiger partial charge < -0.3 is 9.64 Å². The van der Waals surface area contributed by atoms with Gasteiger partial charge in [0.1, 0.15) is 5.75 Å². The molecule has 0 bridgehead atoms. The first-order valence-corrected chi connectivity index (χ1v) is 7.22. The zero-order valence-electron chi connectivity index (χ0n) is 11.9. The molecule has 1 saturated heterocycles. The van der Waals surface area contributed by atoms with Gasteiger partial charge in [-0.15, -0.1) is 0 Å². The Bertz CT molecular complexity index is 413. The average Bonchev–Trinajstić information content (AvgIpc) is 2.46. The van der Waals surface area contributed by atoms with Crippen molar-refractivity contribution in [2.24, 2.45) is 0 Å². The van der Waals surface area contributed by atoms with Crippen LogP contribution in [0.15, 0.2) is 24.3 Å². The monoisotopic (exact) mass is 261 g/mol. The highest BCUT2D eigenvalue weighted by atomic mass is 16.5. The predicted octanol–water partition coefficient (Wildman–Crippen LogP) is 3.03. The maximum absolute atomic E-state index is 12.1. The van der Waals surface area contributed by atoms with E-state index in [1.54, 1.807) is 0 Å². The van der Waals surface area contributed by atoms with E-state index < -0.39 is 0 Å². The number of carbonyl (C=O) groups is 1. The van der Waals surface area contributed by atoms with Gasteiger partial charge in [0, 0.05) is 12.6 Å². The first kappa shape index (κ1) is 13.9. The maximum atomic E-state index is 12.1. The smallest absolute Gasteiger partial charge is 0.260 e. The van der Waals surface area contributed by atoms with Gasteiger partial charge in [-0.05, 0) is 50.3 Å². The molecule has 0 spiro atoms. The number of benzene rings is 1. The van der Waals surface area contributed by atoms with Crippen molar-refractivity contribution >= 4 is 5.91 Å². The molecule has 1 aliphatic heterocycles. The summed E-state index contributed by atoms with van der Waals surface area (Å²) >= 11 is 0. The topological polar surface area (TPSA) is 29.5 Å². The van der Waals surface area contributed by atoms with Crippen molar-refractivity contribution in [3.05, 3.63) is 29.8 Å². The SMILES string of the molecule is CCc1ccc(OCC(=O)N2CCCCC2C)cc1. The molecule has 1 unspecified atom stereocenters. The van der Waals surface area contributed by atoms with E-state index in [1.807, 2.05) is 29.2 Å². The van der Waals surface area contributed by atoms with Crippen molar-refractivity contribution in [3.8, 4) is 5.75 Å². The summed E-state index contributed by atoms with van der Waals surface area (Å²) in [6.45, 7) is 5.26. The third-order valence-corrected chi connectivity index (χ3v) is 3.82. The minimum absolute atomic E-state index is 0.103. The van der Waals surface area contributed by atoms with Crippen molar-refractivity contribution in [2.45, 2.75) is 45.6 Å². The van der Waals surface area contributed by atoms with Crippen molar-refractivity contribution < 1.29 is 9.53 Å². The van der Waals surface area contributed by atoms with E-state index >= 15 is 0 Å². The predicted molar refractivity (Wildman–Crippen MR) is 76.3 cm³/mol. The van der Waals surface area contributed by atoms with Crippen LogP contribution >= 0.6 is 0 Å². The molecule has 0 N–H and O–H groups in total. The van der Waals surface area contributed by atoms with Gasteiger partial charge in [0.15, 0.2) is 6.61 Å². The number of likely N-dealkylation sites (tertiary alicyclic amines) is 1. The van der Waals surface area contributed by atoms with Gasteiger partial charge in [-0.3, -0.25) is 4.79 Å². The first-order valence-electron chi connectivity index (χ1n) is 7.22. The zero-order valence-corrected chi connectivity index (χ0v) is 11.9. The largest absolute Gasteiger partial charge is 0.484 e. The lowest BCUT2D eigenvalue weighted by atomic mass is 10.0. The van der Waals surface area contributed by atoms with E-state index in [4.69, 9.17) is 4.74 Å². The summed E-state index contributed by atoms with van der Waals surface area (Å²) in [7, 11) is 0. The Balaban J connectivity index is 1.85. The van der Waals surface area contributed by atoms with E-state index in [2.05, 4.69) is 13.8 Å². The van der Waals surface area contributed by atoms with Crippen LogP contribution in [0.2, 0.25) is 0 Å². The van der Waals surface area contributed by atoms with E-state index in [-0.39, 0.29) is 12.5 Å². The molecule has 1 amide bonds. The Morgan fingerprint density at radius 3 is 2.68 bits per heavy atom. The quantitative estimate of drug-likeness (QED) is 0.833. The second-order valence-corrected chi connectivity index (χ2v) is 5.22. The van der Waals surface area contributed by atoms with Crippen LogP contribution in [0, 0.1) is 0 Å². The van der Waals surface area contributed by atoms with E-state index in [0.29, 0.717) is 6.04 Å². The summed E-state index contributed by atoms with van der Waals surface area (Å²) in [4.78, 5) is 14.1. The summed E-state index contributed by atoms with van der Waals surface area (Å²) in [5.74, 6) is 0.877. The van der Waals surface area contributed by atoms with Crippen molar-refractivity contribution in [2.75, 3.05) is 13.2 Å². The Kier molecular flexibility index (Phi) is 4.83. The van der Waals surface area contributed by atoms with Gasteiger partial charge in [0.25, 0.3) is 5.91 Å². The molecule has 0 aromatic heterocycles. The van der Waals surface area contributed by atoms with Crippen LogP contribution in [0.3, 0.4) is 0 Å². The molecule has 1 fully saturated rings. The van der Waals surface area contributed by atoms with E-state index in [1.165, 1.54) is 12.0 Å². The van der Waals surface area contributed by atoms with Crippen LogP contribution in [0.5, 0.6) is 5.75 Å². The number of amides is 1. The lowest BCUT2D eigenvalue weighted by Gasteiger charge is -2.33. The molecule has 104 valence electrons. The number of hydrogen-bond acceptors (Lipinski definition) is 2. The van der Waals surface area contributed by atoms with Gasteiger partial charge in [-0.2, -0.15) is 0 Å². The van der Waals surface area contributed by atoms with Gasteiger partial charge >= 0.3 is 0 Å². The summed E-state index contributed by atoms with van der Waals surface area (Å²) in [6.07, 6.45) is 4.47. The normalized spacial score (nSPS) is 19.3. The Labute approximate surface area is 115 Å². The number of hydrogen-bond donors (Lipinski definition) is 0. The maximum Gasteiger partial charge on any atom is 0.260 e. The molecule has 1 aromatic rings. The van der Waals surface area contributed by atoms with Crippen molar-refractivity contribution in [1.82, 2.24) is 4.90 Å². The number of nitrogens with zero attached hydrogens (tertiary/aromatic N) is 1. The molecule has 19 heavy (non-hydrogen) atoms. The summed E-state index contributed by atoms with van der Waals surface area (Å²) in [5.41, 5.74) is 1.28. The minimum atomic E-state index is 0.103. The Morgan fingerprint density at radius 1 is 1.32 bits per heavy atom. The molecule has 1 atom stereocenters. The van der Waals surface area contributed by atoms with Crippen LogP contribution in [0.25, 0.3) is 0 Å². The molecular weight excluding hydrogens is 238 g/mol. The molecule has 0 saturated carbocycles. The minimum Gasteiger partial charge on any atom is -0.484 e. The number of rotatable bonds is 4. The molecule has 1 aromatic carbocycles. The number of piperidine rings is 1. The molecule has 0 radical (unpaired) electrons. The lowest BCUT2D eigenvalue weighted by Crippen LogP contribution is -2.44. The zero-order chi connectivity index (χ0) is 13.7. The van der Waals surface area contributed by atoms with Gasteiger partial charge in [-0.1, -0.05) is 19.1 Å². The van der Waals surface area contributed by atoms with Gasteiger partial charge in [0.2, 0.25) is 0 Å². The van der Waals surface area contributed by atoms with E-state index in [9.17, 15) is 4.79 Å². The summed E-state index contributed by atoms with van der Waals surface area (Å²) in [5, 5.41) is 0. The van der Waals surface area contributed by atoms with Crippen LogP contribution in [-0.4, -0.2) is 30.0 Å². The number of carbonyl (C=O) groups excluding carboxylic acids is 1. The molecule has 2 rings (SSSR count). The third-order valence-electron chi connectivity index (χ3n) is 3.82. The summed E-state index contributed by atoms with van der Waals surface area (Å²) in [6, 6.07) is 8.32. The van der Waals surface area contributed by atoms with Crippen LogP contribution in [0.4, 0.5) is 0 Å². The second-order valence-electron chi connectivity index (χ2n) is 5.22. The fraction of sp³-hybridized carbons (Fsp3) is 0.562. The molecule has 3 nitrogen and oxygen atoms in total. The highest BCUT2D eigenvalue weighted by molar-refractivity contribution is 5.78. The second kappa shape index (κ2) is 6.60. The van der Waals surface area contributed by atoms with Crippen molar-refractivity contribution in [1.29, 1.82) is 0 Å². The molecule has 1 aliphatic rings. The van der Waals surface area contributed by atoms with E-state index in [0.717, 1.165) is 31.6 Å². The lowest BCUT2D eigenvalue weighted by molar-refractivity contribution is -0.136. The highest BCUT2D eigenvalue weighted by Crippen LogP contribution is 2.17. The average molecular weight is 261 g/mol. The number of aryl methyl sites for hydroxylation is 1. The van der Waals surface area contributed by atoms with Crippen LogP contribution in [0.1, 0.15) is 38.7 Å². The highest BCUT2D eigenvalue weighted by Gasteiger charge is 2.23. The molecule has 3 heteroatoms. The fourth-order valence-electron chi connectivity index (χ4n) is 2.52. The van der Waals surface area contributed by atoms with Crippen molar-refractivity contribution in [3.63, 3.8) is 0 Å². The fourth-order valence-corrected chi connectivity index (χ4v) is 2.52. The molecule has 0 aliphatic carbocycles.